The Hall–Kier alpha value is -3.71. The van der Waals surface area contributed by atoms with Crippen LogP contribution in [-0.2, 0) is 14.3 Å². The van der Waals surface area contributed by atoms with Gasteiger partial charge in [-0.05, 0) is 68.6 Å². The molecule has 1 fully saturated rings. The lowest BCUT2D eigenvalue weighted by molar-refractivity contribution is -0.121. The van der Waals surface area contributed by atoms with Crippen LogP contribution in [0.25, 0.3) is 10.8 Å². The van der Waals surface area contributed by atoms with Crippen molar-refractivity contribution in [2.24, 2.45) is 5.92 Å². The average molecular weight is 460 g/mol. The molecule has 2 amide bonds. The van der Waals surface area contributed by atoms with E-state index < -0.39 is 0 Å². The normalized spacial score (nSPS) is 14.5. The van der Waals surface area contributed by atoms with Crippen molar-refractivity contribution in [2.75, 3.05) is 36.9 Å². The van der Waals surface area contributed by atoms with Gasteiger partial charge in [0.15, 0.2) is 0 Å². The van der Waals surface area contributed by atoms with Crippen LogP contribution in [0.2, 0.25) is 0 Å². The van der Waals surface area contributed by atoms with E-state index >= 15 is 0 Å². The lowest BCUT2D eigenvalue weighted by Gasteiger charge is -2.30. The number of hydrogen-bond acceptors (Lipinski definition) is 5. The molecule has 0 atom stereocenters. The maximum absolute atomic E-state index is 12.7. The second-order valence-electron chi connectivity index (χ2n) is 8.41. The summed E-state index contributed by atoms with van der Waals surface area (Å²) in [5.41, 5.74) is 1.91. The third kappa shape index (κ3) is 5.80. The topological polar surface area (TPSA) is 87.7 Å². The van der Waals surface area contributed by atoms with Gasteiger partial charge in [0.1, 0.15) is 0 Å². The SMILES string of the molecule is CCOC(=O)c1ccc(NC(=O)C2CCN(CC(=O)Nc3cccc4ccccc34)CC2)cc1. The second kappa shape index (κ2) is 10.9. The first kappa shape index (κ1) is 23.4. The lowest BCUT2D eigenvalue weighted by atomic mass is 9.95. The Balaban J connectivity index is 1.24. The van der Waals surface area contributed by atoms with Crippen molar-refractivity contribution in [3.63, 3.8) is 0 Å². The van der Waals surface area contributed by atoms with Gasteiger partial charge in [-0.1, -0.05) is 36.4 Å². The largest absolute Gasteiger partial charge is 0.462 e. The first-order chi connectivity index (χ1) is 16.5. The molecule has 1 heterocycles. The fourth-order valence-corrected chi connectivity index (χ4v) is 4.23. The highest BCUT2D eigenvalue weighted by Gasteiger charge is 2.26. The monoisotopic (exact) mass is 459 g/mol. The van der Waals surface area contributed by atoms with Crippen molar-refractivity contribution in [1.82, 2.24) is 4.90 Å². The molecule has 2 N–H and O–H groups in total. The van der Waals surface area contributed by atoms with Crippen molar-refractivity contribution >= 4 is 39.9 Å². The summed E-state index contributed by atoms with van der Waals surface area (Å²) in [5, 5.41) is 8.06. The summed E-state index contributed by atoms with van der Waals surface area (Å²) in [5.74, 6) is -0.580. The molecule has 0 aromatic heterocycles. The summed E-state index contributed by atoms with van der Waals surface area (Å²) < 4.78 is 4.97. The third-order valence-electron chi connectivity index (χ3n) is 6.05. The van der Waals surface area contributed by atoms with Crippen molar-refractivity contribution in [3.05, 3.63) is 72.3 Å². The molecule has 0 spiro atoms. The molecule has 1 aliphatic heterocycles. The Morgan fingerprint density at radius 3 is 2.35 bits per heavy atom. The molecule has 7 nitrogen and oxygen atoms in total. The highest BCUT2D eigenvalue weighted by atomic mass is 16.5. The molecular formula is C27H29N3O4. The molecule has 176 valence electrons. The van der Waals surface area contributed by atoms with E-state index in [1.54, 1.807) is 31.2 Å². The number of amides is 2. The molecule has 0 bridgehead atoms. The molecule has 3 aromatic rings. The minimum atomic E-state index is -0.378. The fraction of sp³-hybridized carbons (Fsp3) is 0.296. The van der Waals surface area contributed by atoms with Crippen LogP contribution in [0.3, 0.4) is 0 Å². The number of esters is 1. The van der Waals surface area contributed by atoms with Gasteiger partial charge in [-0.3, -0.25) is 14.5 Å². The van der Waals surface area contributed by atoms with Gasteiger partial charge in [-0.15, -0.1) is 0 Å². The molecule has 7 heteroatoms. The van der Waals surface area contributed by atoms with E-state index in [0.717, 1.165) is 16.5 Å². The molecule has 0 saturated carbocycles. The van der Waals surface area contributed by atoms with Crippen LogP contribution < -0.4 is 10.6 Å². The molecular weight excluding hydrogens is 430 g/mol. The number of fused-ring (bicyclic) bond motifs is 1. The number of anilines is 2. The highest BCUT2D eigenvalue weighted by Crippen LogP contribution is 2.24. The average Bonchev–Trinajstić information content (AvgIpc) is 2.85. The van der Waals surface area contributed by atoms with Crippen LogP contribution >= 0.6 is 0 Å². The van der Waals surface area contributed by atoms with Gasteiger partial charge in [-0.2, -0.15) is 0 Å². The number of hydrogen-bond donors (Lipinski definition) is 2. The van der Waals surface area contributed by atoms with Gasteiger partial charge in [0.25, 0.3) is 0 Å². The van der Waals surface area contributed by atoms with E-state index in [0.29, 0.717) is 50.3 Å². The van der Waals surface area contributed by atoms with E-state index in [1.165, 1.54) is 0 Å². The Labute approximate surface area is 199 Å². The summed E-state index contributed by atoms with van der Waals surface area (Å²) in [6, 6.07) is 20.5. The number of likely N-dealkylation sites (tertiary alicyclic amines) is 1. The smallest absolute Gasteiger partial charge is 0.338 e. The molecule has 1 aliphatic rings. The molecule has 4 rings (SSSR count). The van der Waals surface area contributed by atoms with Gasteiger partial charge in [0.2, 0.25) is 11.8 Å². The first-order valence-electron chi connectivity index (χ1n) is 11.6. The van der Waals surface area contributed by atoms with Crippen LogP contribution in [0.5, 0.6) is 0 Å². The lowest BCUT2D eigenvalue weighted by Crippen LogP contribution is -2.41. The van der Waals surface area contributed by atoms with Crippen molar-refractivity contribution in [1.29, 1.82) is 0 Å². The standard InChI is InChI=1S/C27H29N3O4/c1-2-34-27(33)21-10-12-22(13-11-21)28-26(32)20-14-16-30(17-15-20)18-25(31)29-24-9-5-7-19-6-3-4-8-23(19)24/h3-13,20H,2,14-18H2,1H3,(H,28,32)(H,29,31). The number of nitrogens with zero attached hydrogens (tertiary/aromatic N) is 1. The van der Waals surface area contributed by atoms with Gasteiger partial charge in [0, 0.05) is 22.7 Å². The zero-order valence-corrected chi connectivity index (χ0v) is 19.3. The van der Waals surface area contributed by atoms with Crippen LogP contribution in [0.15, 0.2) is 66.7 Å². The molecule has 0 radical (unpaired) electrons. The zero-order valence-electron chi connectivity index (χ0n) is 19.3. The van der Waals surface area contributed by atoms with E-state index in [1.807, 2.05) is 42.5 Å². The molecule has 34 heavy (non-hydrogen) atoms. The molecule has 0 unspecified atom stereocenters. The van der Waals surface area contributed by atoms with Crippen LogP contribution in [0, 0.1) is 5.92 Å². The minimum absolute atomic E-state index is 0.0382. The second-order valence-corrected chi connectivity index (χ2v) is 8.41. The third-order valence-corrected chi connectivity index (χ3v) is 6.05. The summed E-state index contributed by atoms with van der Waals surface area (Å²) in [4.78, 5) is 39.1. The van der Waals surface area contributed by atoms with Gasteiger partial charge in [0.05, 0.1) is 18.7 Å². The van der Waals surface area contributed by atoms with Crippen LogP contribution in [0.4, 0.5) is 11.4 Å². The first-order valence-corrected chi connectivity index (χ1v) is 11.6. The zero-order chi connectivity index (χ0) is 23.9. The minimum Gasteiger partial charge on any atom is -0.462 e. The number of benzene rings is 3. The fourth-order valence-electron chi connectivity index (χ4n) is 4.23. The summed E-state index contributed by atoms with van der Waals surface area (Å²) >= 11 is 0. The van der Waals surface area contributed by atoms with E-state index in [-0.39, 0.29) is 23.7 Å². The molecule has 3 aromatic carbocycles. The number of piperidine rings is 1. The number of carbonyl (C=O) groups excluding carboxylic acids is 3. The Morgan fingerprint density at radius 2 is 1.62 bits per heavy atom. The summed E-state index contributed by atoms with van der Waals surface area (Å²) in [7, 11) is 0. The van der Waals surface area contributed by atoms with Gasteiger partial charge < -0.3 is 15.4 Å². The van der Waals surface area contributed by atoms with Crippen molar-refractivity contribution < 1.29 is 19.1 Å². The number of ether oxygens (including phenoxy) is 1. The number of rotatable bonds is 7. The van der Waals surface area contributed by atoms with Crippen molar-refractivity contribution in [2.45, 2.75) is 19.8 Å². The predicted molar refractivity (Wildman–Crippen MR) is 133 cm³/mol. The predicted octanol–water partition coefficient (Wildman–Crippen LogP) is 4.31. The highest BCUT2D eigenvalue weighted by molar-refractivity contribution is 6.02. The van der Waals surface area contributed by atoms with E-state index in [4.69, 9.17) is 4.74 Å². The van der Waals surface area contributed by atoms with Crippen LogP contribution in [0.1, 0.15) is 30.1 Å². The maximum atomic E-state index is 12.7. The summed E-state index contributed by atoms with van der Waals surface area (Å²) in [6.07, 6.45) is 1.38. The van der Waals surface area contributed by atoms with Gasteiger partial charge in [-0.25, -0.2) is 4.79 Å². The Morgan fingerprint density at radius 1 is 0.912 bits per heavy atom. The Kier molecular flexibility index (Phi) is 7.54. The molecule has 1 saturated heterocycles. The van der Waals surface area contributed by atoms with E-state index in [9.17, 15) is 14.4 Å². The maximum Gasteiger partial charge on any atom is 0.338 e. The quantitative estimate of drug-likeness (QED) is 0.514. The van der Waals surface area contributed by atoms with Gasteiger partial charge >= 0.3 is 5.97 Å². The van der Waals surface area contributed by atoms with Crippen molar-refractivity contribution in [3.8, 4) is 0 Å². The number of carbonyl (C=O) groups is 3. The molecule has 0 aliphatic carbocycles. The van der Waals surface area contributed by atoms with Crippen LogP contribution in [-0.4, -0.2) is 48.9 Å². The number of nitrogens with one attached hydrogen (secondary N) is 2. The Bertz CT molecular complexity index is 1160. The summed E-state index contributed by atoms with van der Waals surface area (Å²) in [6.45, 7) is 3.74. The van der Waals surface area contributed by atoms with E-state index in [2.05, 4.69) is 15.5 Å².